The molecule has 0 unspecified atom stereocenters. The first-order valence-corrected chi connectivity index (χ1v) is 9.54. The zero-order chi connectivity index (χ0) is 20.9. The third-order valence-corrected chi connectivity index (χ3v) is 4.68. The van der Waals surface area contributed by atoms with E-state index in [-0.39, 0.29) is 18.3 Å². The Hall–Kier alpha value is -3.87. The second kappa shape index (κ2) is 8.65. The van der Waals surface area contributed by atoms with Crippen molar-refractivity contribution in [3.63, 3.8) is 0 Å². The maximum Gasteiger partial charge on any atom is 0.248 e. The minimum Gasteiger partial charge on any atom is -0.324 e. The van der Waals surface area contributed by atoms with Crippen LogP contribution in [-0.4, -0.2) is 26.1 Å². The molecule has 7 heteroatoms. The second-order valence-corrected chi connectivity index (χ2v) is 6.98. The molecular formula is C23H20FN5O. The van der Waals surface area contributed by atoms with E-state index in [9.17, 15) is 9.18 Å². The molecule has 1 heterocycles. The standard InChI is InChI=1S/C23H20FN5O/c1-16-13-19(11-12-20(16)24)23-26-28-29(27-23)15-22(30)25-21-10-6-5-9-18(21)14-17-7-3-2-4-8-17/h2-13H,14-15H2,1H3,(H,25,30). The number of amides is 1. The zero-order valence-corrected chi connectivity index (χ0v) is 16.4. The van der Waals surface area contributed by atoms with Crippen LogP contribution in [0.3, 0.4) is 0 Å². The average Bonchev–Trinajstić information content (AvgIpc) is 3.20. The Morgan fingerprint density at radius 3 is 2.60 bits per heavy atom. The van der Waals surface area contributed by atoms with E-state index in [0.717, 1.165) is 16.8 Å². The summed E-state index contributed by atoms with van der Waals surface area (Å²) in [5, 5.41) is 15.1. The van der Waals surface area contributed by atoms with E-state index in [2.05, 4.69) is 32.9 Å². The molecule has 1 N–H and O–H groups in total. The van der Waals surface area contributed by atoms with E-state index in [0.29, 0.717) is 23.4 Å². The number of carbonyl (C=O) groups is 1. The van der Waals surface area contributed by atoms with Gasteiger partial charge < -0.3 is 5.32 Å². The number of anilines is 1. The van der Waals surface area contributed by atoms with Crippen LogP contribution in [0.5, 0.6) is 0 Å². The number of aromatic nitrogens is 4. The molecule has 0 bridgehead atoms. The summed E-state index contributed by atoms with van der Waals surface area (Å²) in [7, 11) is 0. The van der Waals surface area contributed by atoms with Gasteiger partial charge in [-0.05, 0) is 59.5 Å². The number of hydrogen-bond donors (Lipinski definition) is 1. The first kappa shape index (κ1) is 19.4. The molecule has 0 atom stereocenters. The molecule has 0 saturated carbocycles. The average molecular weight is 401 g/mol. The number of benzene rings is 3. The van der Waals surface area contributed by atoms with Gasteiger partial charge in [0, 0.05) is 11.3 Å². The highest BCUT2D eigenvalue weighted by Gasteiger charge is 2.12. The van der Waals surface area contributed by atoms with Crippen molar-refractivity contribution in [2.45, 2.75) is 19.9 Å². The van der Waals surface area contributed by atoms with Crippen molar-refractivity contribution in [2.24, 2.45) is 0 Å². The van der Waals surface area contributed by atoms with Crippen molar-refractivity contribution in [2.75, 3.05) is 5.32 Å². The molecule has 1 amide bonds. The quantitative estimate of drug-likeness (QED) is 0.530. The molecule has 0 radical (unpaired) electrons. The zero-order valence-electron chi connectivity index (χ0n) is 16.4. The second-order valence-electron chi connectivity index (χ2n) is 6.98. The van der Waals surface area contributed by atoms with Crippen LogP contribution in [0.4, 0.5) is 10.1 Å². The Balaban J connectivity index is 1.44. The fourth-order valence-electron chi connectivity index (χ4n) is 3.14. The number of carbonyl (C=O) groups excluding carboxylic acids is 1. The minimum atomic E-state index is -0.292. The molecule has 0 aliphatic rings. The highest BCUT2D eigenvalue weighted by Crippen LogP contribution is 2.20. The summed E-state index contributed by atoms with van der Waals surface area (Å²) in [4.78, 5) is 13.8. The van der Waals surface area contributed by atoms with Crippen LogP contribution in [0.25, 0.3) is 11.4 Å². The van der Waals surface area contributed by atoms with Crippen LogP contribution < -0.4 is 5.32 Å². The van der Waals surface area contributed by atoms with Gasteiger partial charge in [-0.1, -0.05) is 48.5 Å². The van der Waals surface area contributed by atoms with Gasteiger partial charge in [-0.15, -0.1) is 10.2 Å². The lowest BCUT2D eigenvalue weighted by Gasteiger charge is -2.11. The predicted molar refractivity (Wildman–Crippen MR) is 112 cm³/mol. The van der Waals surface area contributed by atoms with Gasteiger partial charge in [0.05, 0.1) is 0 Å². The number of halogens is 1. The van der Waals surface area contributed by atoms with Crippen LogP contribution in [0.2, 0.25) is 0 Å². The molecule has 0 fully saturated rings. The van der Waals surface area contributed by atoms with Crippen molar-refractivity contribution in [3.05, 3.63) is 95.3 Å². The highest BCUT2D eigenvalue weighted by molar-refractivity contribution is 5.91. The van der Waals surface area contributed by atoms with Crippen molar-refractivity contribution in [1.82, 2.24) is 20.2 Å². The summed E-state index contributed by atoms with van der Waals surface area (Å²) in [6.07, 6.45) is 0.715. The van der Waals surface area contributed by atoms with E-state index in [1.807, 2.05) is 42.5 Å². The fourth-order valence-corrected chi connectivity index (χ4v) is 3.14. The molecular weight excluding hydrogens is 381 g/mol. The fraction of sp³-hybridized carbons (Fsp3) is 0.130. The van der Waals surface area contributed by atoms with Gasteiger partial charge in [-0.25, -0.2) is 4.39 Å². The van der Waals surface area contributed by atoms with E-state index < -0.39 is 0 Å². The lowest BCUT2D eigenvalue weighted by Crippen LogP contribution is -2.21. The normalized spacial score (nSPS) is 10.7. The highest BCUT2D eigenvalue weighted by atomic mass is 19.1. The van der Waals surface area contributed by atoms with Crippen LogP contribution in [0.1, 0.15) is 16.7 Å². The molecule has 4 rings (SSSR count). The van der Waals surface area contributed by atoms with Gasteiger partial charge >= 0.3 is 0 Å². The summed E-state index contributed by atoms with van der Waals surface area (Å²) < 4.78 is 13.5. The Kier molecular flexibility index (Phi) is 5.61. The Bertz CT molecular complexity index is 1170. The third-order valence-electron chi connectivity index (χ3n) is 4.68. The monoisotopic (exact) mass is 401 g/mol. The number of nitrogens with zero attached hydrogens (tertiary/aromatic N) is 4. The molecule has 0 spiro atoms. The van der Waals surface area contributed by atoms with Crippen LogP contribution in [0, 0.1) is 12.7 Å². The molecule has 4 aromatic rings. The number of nitrogens with one attached hydrogen (secondary N) is 1. The summed E-state index contributed by atoms with van der Waals surface area (Å²) in [6.45, 7) is 1.59. The van der Waals surface area contributed by atoms with Gasteiger partial charge in [-0.2, -0.15) is 4.80 Å². The lowest BCUT2D eigenvalue weighted by molar-refractivity contribution is -0.117. The Morgan fingerprint density at radius 1 is 1.03 bits per heavy atom. The van der Waals surface area contributed by atoms with E-state index >= 15 is 0 Å². The van der Waals surface area contributed by atoms with Gasteiger partial charge in [0.1, 0.15) is 12.4 Å². The molecule has 1 aromatic heterocycles. The lowest BCUT2D eigenvalue weighted by atomic mass is 10.0. The van der Waals surface area contributed by atoms with Gasteiger partial charge in [0.25, 0.3) is 0 Å². The smallest absolute Gasteiger partial charge is 0.248 e. The maximum absolute atomic E-state index is 13.5. The van der Waals surface area contributed by atoms with E-state index in [1.54, 1.807) is 19.1 Å². The first-order valence-electron chi connectivity index (χ1n) is 9.54. The van der Waals surface area contributed by atoms with Gasteiger partial charge in [-0.3, -0.25) is 4.79 Å². The van der Waals surface area contributed by atoms with Crippen molar-refractivity contribution in [1.29, 1.82) is 0 Å². The summed E-state index contributed by atoms with van der Waals surface area (Å²) in [5.41, 5.74) is 4.08. The molecule has 0 aliphatic heterocycles. The topological polar surface area (TPSA) is 72.7 Å². The third kappa shape index (κ3) is 4.57. The van der Waals surface area contributed by atoms with Crippen molar-refractivity contribution < 1.29 is 9.18 Å². The molecule has 3 aromatic carbocycles. The molecule has 150 valence electrons. The van der Waals surface area contributed by atoms with E-state index in [4.69, 9.17) is 0 Å². The molecule has 30 heavy (non-hydrogen) atoms. The molecule has 0 saturated heterocycles. The summed E-state index contributed by atoms with van der Waals surface area (Å²) >= 11 is 0. The summed E-state index contributed by atoms with van der Waals surface area (Å²) in [6, 6.07) is 22.4. The SMILES string of the molecule is Cc1cc(-c2nnn(CC(=O)Nc3ccccc3Cc3ccccc3)n2)ccc1F. The van der Waals surface area contributed by atoms with Crippen molar-refractivity contribution in [3.8, 4) is 11.4 Å². The Labute approximate surface area is 173 Å². The van der Waals surface area contributed by atoms with Gasteiger partial charge in [0.15, 0.2) is 0 Å². The number of hydrogen-bond acceptors (Lipinski definition) is 4. The Morgan fingerprint density at radius 2 is 1.80 bits per heavy atom. The number of tetrazole rings is 1. The molecule has 0 aliphatic carbocycles. The largest absolute Gasteiger partial charge is 0.324 e. The maximum atomic E-state index is 13.5. The summed E-state index contributed by atoms with van der Waals surface area (Å²) in [5.74, 6) is -0.204. The van der Waals surface area contributed by atoms with Gasteiger partial charge in [0.2, 0.25) is 11.7 Å². The van der Waals surface area contributed by atoms with Crippen molar-refractivity contribution >= 4 is 11.6 Å². The predicted octanol–water partition coefficient (Wildman–Crippen LogP) is 4.02. The van der Waals surface area contributed by atoms with Crippen LogP contribution >= 0.6 is 0 Å². The number of aryl methyl sites for hydroxylation is 1. The minimum absolute atomic E-state index is 0.0765. The van der Waals surface area contributed by atoms with E-state index in [1.165, 1.54) is 10.9 Å². The number of para-hydroxylation sites is 1. The van der Waals surface area contributed by atoms with Crippen LogP contribution in [-0.2, 0) is 17.8 Å². The van der Waals surface area contributed by atoms with Crippen LogP contribution in [0.15, 0.2) is 72.8 Å². The first-order chi connectivity index (χ1) is 14.6. The number of rotatable bonds is 6. The molecule has 6 nitrogen and oxygen atoms in total.